The van der Waals surface area contributed by atoms with Crippen LogP contribution in [0.15, 0.2) is 0 Å². The van der Waals surface area contributed by atoms with E-state index in [-0.39, 0.29) is 0 Å². The molecule has 0 aromatic carbocycles. The molecule has 1 aliphatic carbocycles. The van der Waals surface area contributed by atoms with Crippen LogP contribution >= 0.6 is 0 Å². The summed E-state index contributed by atoms with van der Waals surface area (Å²) in [4.78, 5) is 0. The van der Waals surface area contributed by atoms with Gasteiger partial charge in [0.2, 0.25) is 0 Å². The highest BCUT2D eigenvalue weighted by molar-refractivity contribution is 4.76. The zero-order valence-electron chi connectivity index (χ0n) is 6.97. The summed E-state index contributed by atoms with van der Waals surface area (Å²) in [6.07, 6.45) is 6.98. The molecule has 0 aromatic heterocycles. The van der Waals surface area contributed by atoms with Gasteiger partial charge in [0, 0.05) is 0 Å². The Morgan fingerprint density at radius 2 is 2.00 bits per heavy atom. The first kappa shape index (κ1) is 8.06. The first-order valence-electron chi connectivity index (χ1n) is 4.58. The Labute approximate surface area is 64.0 Å². The maximum Gasteiger partial charge on any atom is -0.00745 e. The average Bonchev–Trinajstić information content (AvgIpc) is 2.36. The number of nitrogens with two attached hydrogens (primary N) is 1. The van der Waals surface area contributed by atoms with Gasteiger partial charge in [0.15, 0.2) is 0 Å². The topological polar surface area (TPSA) is 26.0 Å². The Morgan fingerprint density at radius 1 is 1.30 bits per heavy atom. The van der Waals surface area contributed by atoms with Crippen molar-refractivity contribution in [1.82, 2.24) is 0 Å². The van der Waals surface area contributed by atoms with Crippen LogP contribution in [0.5, 0.6) is 0 Å². The summed E-state index contributed by atoms with van der Waals surface area (Å²) < 4.78 is 0. The minimum Gasteiger partial charge on any atom is -0.330 e. The molecule has 0 bridgehead atoms. The van der Waals surface area contributed by atoms with Crippen LogP contribution in [-0.4, -0.2) is 6.54 Å². The molecule has 10 heavy (non-hydrogen) atoms. The van der Waals surface area contributed by atoms with Crippen LogP contribution in [-0.2, 0) is 0 Å². The lowest BCUT2D eigenvalue weighted by atomic mass is 9.91. The van der Waals surface area contributed by atoms with Gasteiger partial charge in [-0.25, -0.2) is 0 Å². The van der Waals surface area contributed by atoms with Gasteiger partial charge in [-0.05, 0) is 24.8 Å². The number of hydrogen-bond donors (Lipinski definition) is 1. The summed E-state index contributed by atoms with van der Waals surface area (Å²) in [6.45, 7) is 3.20. The van der Waals surface area contributed by atoms with Gasteiger partial charge in [0.05, 0.1) is 0 Å². The third-order valence-electron chi connectivity index (χ3n) is 2.88. The fourth-order valence-electron chi connectivity index (χ4n) is 2.25. The van der Waals surface area contributed by atoms with E-state index < -0.39 is 0 Å². The van der Waals surface area contributed by atoms with E-state index in [2.05, 4.69) is 6.92 Å². The van der Waals surface area contributed by atoms with Gasteiger partial charge in [-0.3, -0.25) is 0 Å². The molecule has 0 radical (unpaired) electrons. The van der Waals surface area contributed by atoms with Crippen LogP contribution in [0.25, 0.3) is 0 Å². The van der Waals surface area contributed by atoms with E-state index in [0.29, 0.717) is 0 Å². The van der Waals surface area contributed by atoms with E-state index in [4.69, 9.17) is 5.73 Å². The van der Waals surface area contributed by atoms with Crippen molar-refractivity contribution in [3.8, 4) is 0 Å². The maximum atomic E-state index is 5.53. The van der Waals surface area contributed by atoms with Crippen LogP contribution in [0.4, 0.5) is 0 Å². The van der Waals surface area contributed by atoms with Crippen molar-refractivity contribution in [2.24, 2.45) is 17.6 Å². The molecule has 1 nitrogen and oxygen atoms in total. The molecule has 0 aromatic rings. The van der Waals surface area contributed by atoms with Crippen LogP contribution in [0.3, 0.4) is 0 Å². The Morgan fingerprint density at radius 3 is 2.60 bits per heavy atom. The minimum absolute atomic E-state index is 0.890. The molecule has 2 unspecified atom stereocenters. The molecule has 0 spiro atoms. The van der Waals surface area contributed by atoms with E-state index in [9.17, 15) is 0 Å². The second kappa shape index (κ2) is 3.97. The van der Waals surface area contributed by atoms with Crippen molar-refractivity contribution in [2.75, 3.05) is 6.54 Å². The summed E-state index contributed by atoms with van der Waals surface area (Å²) in [5.41, 5.74) is 5.53. The highest BCUT2D eigenvalue weighted by Crippen LogP contribution is 2.35. The van der Waals surface area contributed by atoms with E-state index >= 15 is 0 Å². The fourth-order valence-corrected chi connectivity index (χ4v) is 2.25. The predicted octanol–water partition coefficient (Wildman–Crippen LogP) is 2.16. The molecule has 2 N–H and O–H groups in total. The highest BCUT2D eigenvalue weighted by Gasteiger charge is 2.24. The van der Waals surface area contributed by atoms with E-state index in [1.54, 1.807) is 0 Å². The van der Waals surface area contributed by atoms with Gasteiger partial charge in [-0.15, -0.1) is 0 Å². The highest BCUT2D eigenvalue weighted by atomic mass is 14.5. The Kier molecular flexibility index (Phi) is 3.20. The van der Waals surface area contributed by atoms with Gasteiger partial charge in [0.1, 0.15) is 0 Å². The van der Waals surface area contributed by atoms with E-state index in [1.165, 1.54) is 32.1 Å². The minimum atomic E-state index is 0.890. The lowest BCUT2D eigenvalue weighted by Gasteiger charge is -2.15. The van der Waals surface area contributed by atoms with Crippen LogP contribution in [0.1, 0.15) is 39.0 Å². The Bertz CT molecular complexity index is 90.7. The molecule has 60 valence electrons. The standard InChI is InChI=1S/C9H19N/c1-2-8-4-3-5-9(8)6-7-10/h8-9H,2-7,10H2,1H3. The van der Waals surface area contributed by atoms with Crippen molar-refractivity contribution >= 4 is 0 Å². The van der Waals surface area contributed by atoms with Gasteiger partial charge < -0.3 is 5.73 Å². The summed E-state index contributed by atoms with van der Waals surface area (Å²) in [6, 6.07) is 0. The van der Waals surface area contributed by atoms with Crippen LogP contribution < -0.4 is 5.73 Å². The first-order valence-corrected chi connectivity index (χ1v) is 4.58. The molecule has 0 saturated heterocycles. The second-order valence-corrected chi connectivity index (χ2v) is 3.44. The summed E-state index contributed by atoms with van der Waals surface area (Å²) in [5.74, 6) is 1.97. The largest absolute Gasteiger partial charge is 0.330 e. The molecule has 2 atom stereocenters. The average molecular weight is 141 g/mol. The fraction of sp³-hybridized carbons (Fsp3) is 1.00. The maximum absolute atomic E-state index is 5.53. The zero-order valence-corrected chi connectivity index (χ0v) is 6.97. The normalized spacial score (nSPS) is 33.0. The SMILES string of the molecule is CCC1CCCC1CCN. The molecule has 1 rings (SSSR count). The third-order valence-corrected chi connectivity index (χ3v) is 2.88. The van der Waals surface area contributed by atoms with Crippen molar-refractivity contribution in [3.05, 3.63) is 0 Å². The summed E-state index contributed by atoms with van der Waals surface area (Å²) >= 11 is 0. The van der Waals surface area contributed by atoms with Crippen molar-refractivity contribution in [1.29, 1.82) is 0 Å². The van der Waals surface area contributed by atoms with Crippen LogP contribution in [0.2, 0.25) is 0 Å². The lowest BCUT2D eigenvalue weighted by Crippen LogP contribution is -2.12. The molecule has 0 aliphatic heterocycles. The lowest BCUT2D eigenvalue weighted by molar-refractivity contribution is 0.359. The van der Waals surface area contributed by atoms with Crippen molar-refractivity contribution < 1.29 is 0 Å². The first-order chi connectivity index (χ1) is 4.88. The molecule has 1 heteroatoms. The van der Waals surface area contributed by atoms with Crippen molar-refractivity contribution in [2.45, 2.75) is 39.0 Å². The molecular formula is C9H19N. The van der Waals surface area contributed by atoms with Crippen LogP contribution in [0, 0.1) is 11.8 Å². The number of hydrogen-bond acceptors (Lipinski definition) is 1. The van der Waals surface area contributed by atoms with Crippen molar-refractivity contribution in [3.63, 3.8) is 0 Å². The molecule has 0 heterocycles. The Balaban J connectivity index is 2.27. The van der Waals surface area contributed by atoms with E-state index in [0.717, 1.165) is 18.4 Å². The van der Waals surface area contributed by atoms with Gasteiger partial charge in [0.25, 0.3) is 0 Å². The summed E-state index contributed by atoms with van der Waals surface area (Å²) in [5, 5.41) is 0. The second-order valence-electron chi connectivity index (χ2n) is 3.44. The Hall–Kier alpha value is -0.0400. The monoisotopic (exact) mass is 141 g/mol. The van der Waals surface area contributed by atoms with Gasteiger partial charge in [-0.1, -0.05) is 32.6 Å². The molecule has 0 amide bonds. The van der Waals surface area contributed by atoms with Gasteiger partial charge in [-0.2, -0.15) is 0 Å². The molecule has 1 fully saturated rings. The molecular weight excluding hydrogens is 122 g/mol. The third kappa shape index (κ3) is 1.72. The van der Waals surface area contributed by atoms with E-state index in [1.807, 2.05) is 0 Å². The number of rotatable bonds is 3. The zero-order chi connectivity index (χ0) is 7.40. The smallest absolute Gasteiger partial charge is 0.00745 e. The predicted molar refractivity (Wildman–Crippen MR) is 44.8 cm³/mol. The molecule has 1 aliphatic rings. The quantitative estimate of drug-likeness (QED) is 0.640. The van der Waals surface area contributed by atoms with Gasteiger partial charge >= 0.3 is 0 Å². The summed E-state index contributed by atoms with van der Waals surface area (Å²) in [7, 11) is 0. The molecule has 1 saturated carbocycles.